The zero-order chi connectivity index (χ0) is 20.1. The quantitative estimate of drug-likeness (QED) is 0.255. The highest BCUT2D eigenvalue weighted by Gasteiger charge is 2.22. The molecule has 0 saturated carbocycles. The average Bonchev–Trinajstić information content (AvgIpc) is 3.07. The summed E-state index contributed by atoms with van der Waals surface area (Å²) in [6, 6.07) is 2.14. The Labute approximate surface area is 170 Å². The summed E-state index contributed by atoms with van der Waals surface area (Å²) in [6.45, 7) is 11.0. The van der Waals surface area contributed by atoms with E-state index in [0.717, 1.165) is 49.8 Å². The zero-order valence-corrected chi connectivity index (χ0v) is 17.5. The fourth-order valence-electron chi connectivity index (χ4n) is 3.42. The first-order chi connectivity index (χ1) is 13.5. The molecule has 0 spiro atoms. The van der Waals surface area contributed by atoms with Gasteiger partial charge in [-0.05, 0) is 30.9 Å². The van der Waals surface area contributed by atoms with Crippen LogP contribution in [0, 0.1) is 18.3 Å². The van der Waals surface area contributed by atoms with Crippen molar-refractivity contribution in [3.8, 4) is 0 Å². The molecule has 0 bridgehead atoms. The topological polar surface area (TPSA) is 107 Å². The molecule has 0 aromatic carbocycles. The molecular weight excluding hydrogens is 372 g/mol. The molecule has 0 atom stereocenters. The van der Waals surface area contributed by atoms with E-state index in [9.17, 15) is 0 Å². The van der Waals surface area contributed by atoms with Gasteiger partial charge in [0.05, 0.1) is 12.2 Å². The Hall–Kier alpha value is -2.39. The lowest BCUT2D eigenvalue weighted by Crippen LogP contribution is -2.46. The third-order valence-electron chi connectivity index (χ3n) is 4.69. The van der Waals surface area contributed by atoms with Crippen LogP contribution in [0.5, 0.6) is 0 Å². The first kappa shape index (κ1) is 20.3. The number of amidine groups is 1. The number of anilines is 1. The fraction of sp³-hybridized carbons (Fsp3) is 0.526. The van der Waals surface area contributed by atoms with Crippen molar-refractivity contribution in [3.63, 3.8) is 0 Å². The van der Waals surface area contributed by atoms with Crippen molar-refractivity contribution in [2.24, 2.45) is 22.1 Å². The van der Waals surface area contributed by atoms with Crippen LogP contribution in [0.4, 0.5) is 5.69 Å². The minimum atomic E-state index is -0.00529. The molecule has 150 valence electrons. The van der Waals surface area contributed by atoms with Crippen LogP contribution >= 0.6 is 11.3 Å². The third-order valence-corrected chi connectivity index (χ3v) is 5.59. The van der Waals surface area contributed by atoms with Gasteiger partial charge in [-0.15, -0.1) is 16.5 Å². The van der Waals surface area contributed by atoms with Crippen molar-refractivity contribution in [2.45, 2.75) is 33.7 Å². The van der Waals surface area contributed by atoms with Crippen LogP contribution in [0.1, 0.15) is 35.0 Å². The van der Waals surface area contributed by atoms with Crippen LogP contribution in [0.25, 0.3) is 0 Å². The minimum absolute atomic E-state index is 0.00529. The maximum absolute atomic E-state index is 8.14. The van der Waals surface area contributed by atoms with Crippen molar-refractivity contribution in [2.75, 3.05) is 31.1 Å². The Morgan fingerprint density at radius 2 is 2.00 bits per heavy atom. The SMILES string of the molecule is Cc1cnc(CN2CCN(c3cc(CC(C)C)cnc3C(=N)N=NN)CC2)s1. The molecule has 2 aromatic heterocycles. The van der Waals surface area contributed by atoms with Gasteiger partial charge in [0.2, 0.25) is 0 Å². The molecule has 3 N–H and O–H groups in total. The molecule has 8 nitrogen and oxygen atoms in total. The summed E-state index contributed by atoms with van der Waals surface area (Å²) in [5.74, 6) is 5.69. The van der Waals surface area contributed by atoms with Crippen molar-refractivity contribution in [3.05, 3.63) is 39.6 Å². The second kappa shape index (κ2) is 9.20. The van der Waals surface area contributed by atoms with Crippen molar-refractivity contribution >= 4 is 22.9 Å². The fourth-order valence-corrected chi connectivity index (χ4v) is 4.25. The molecule has 0 unspecified atom stereocenters. The van der Waals surface area contributed by atoms with Gasteiger partial charge in [0, 0.05) is 43.4 Å². The van der Waals surface area contributed by atoms with E-state index in [1.165, 1.54) is 10.4 Å². The highest BCUT2D eigenvalue weighted by molar-refractivity contribution is 7.11. The summed E-state index contributed by atoms with van der Waals surface area (Å²) in [7, 11) is 0. The van der Waals surface area contributed by atoms with E-state index in [0.29, 0.717) is 11.6 Å². The van der Waals surface area contributed by atoms with E-state index in [1.54, 1.807) is 11.3 Å². The predicted octanol–water partition coefficient (Wildman–Crippen LogP) is 3.02. The van der Waals surface area contributed by atoms with Gasteiger partial charge in [-0.1, -0.05) is 19.1 Å². The third kappa shape index (κ3) is 5.11. The van der Waals surface area contributed by atoms with Gasteiger partial charge >= 0.3 is 0 Å². The van der Waals surface area contributed by atoms with E-state index in [-0.39, 0.29) is 5.84 Å². The van der Waals surface area contributed by atoms with Gasteiger partial charge in [-0.25, -0.2) is 4.98 Å². The molecule has 1 aliphatic rings. The number of rotatable bonds is 6. The number of aromatic nitrogens is 2. The Kier molecular flexibility index (Phi) is 6.69. The summed E-state index contributed by atoms with van der Waals surface area (Å²) in [5, 5.41) is 16.3. The van der Waals surface area contributed by atoms with Gasteiger partial charge in [-0.3, -0.25) is 15.3 Å². The van der Waals surface area contributed by atoms with E-state index in [1.807, 2.05) is 12.4 Å². The number of thiazole rings is 1. The largest absolute Gasteiger partial charge is 0.367 e. The summed E-state index contributed by atoms with van der Waals surface area (Å²) < 4.78 is 0. The van der Waals surface area contributed by atoms with Gasteiger partial charge in [0.15, 0.2) is 5.84 Å². The molecular formula is C19H28N8S. The maximum atomic E-state index is 8.14. The number of piperazine rings is 1. The molecule has 1 aliphatic heterocycles. The smallest absolute Gasteiger partial charge is 0.196 e. The Morgan fingerprint density at radius 1 is 1.25 bits per heavy atom. The van der Waals surface area contributed by atoms with Gasteiger partial charge in [0.25, 0.3) is 0 Å². The van der Waals surface area contributed by atoms with E-state index < -0.39 is 0 Å². The van der Waals surface area contributed by atoms with Crippen LogP contribution in [-0.4, -0.2) is 46.9 Å². The van der Waals surface area contributed by atoms with Crippen molar-refractivity contribution < 1.29 is 0 Å². The monoisotopic (exact) mass is 400 g/mol. The van der Waals surface area contributed by atoms with Crippen molar-refractivity contribution in [1.82, 2.24) is 14.9 Å². The first-order valence-corrected chi connectivity index (χ1v) is 10.3. The maximum Gasteiger partial charge on any atom is 0.196 e. The lowest BCUT2D eigenvalue weighted by Gasteiger charge is -2.36. The summed E-state index contributed by atoms with van der Waals surface area (Å²) in [5.41, 5.74) is 2.65. The van der Waals surface area contributed by atoms with Crippen LogP contribution in [-0.2, 0) is 13.0 Å². The van der Waals surface area contributed by atoms with Crippen LogP contribution in [0.2, 0.25) is 0 Å². The number of hydrogen-bond donors (Lipinski definition) is 2. The molecule has 3 heterocycles. The van der Waals surface area contributed by atoms with Crippen LogP contribution in [0.3, 0.4) is 0 Å². The lowest BCUT2D eigenvalue weighted by atomic mass is 10.0. The highest BCUT2D eigenvalue weighted by Crippen LogP contribution is 2.25. The van der Waals surface area contributed by atoms with E-state index in [2.05, 4.69) is 56.9 Å². The molecule has 28 heavy (non-hydrogen) atoms. The molecule has 0 aliphatic carbocycles. The second-order valence-electron chi connectivity index (χ2n) is 7.50. The highest BCUT2D eigenvalue weighted by atomic mass is 32.1. The number of hydrogen-bond acceptors (Lipinski definition) is 7. The first-order valence-electron chi connectivity index (χ1n) is 9.53. The average molecular weight is 401 g/mol. The Balaban J connectivity index is 1.74. The Morgan fingerprint density at radius 3 is 2.61 bits per heavy atom. The number of pyridine rings is 1. The summed E-state index contributed by atoms with van der Waals surface area (Å²) >= 11 is 1.76. The molecule has 3 rings (SSSR count). The van der Waals surface area contributed by atoms with E-state index in [4.69, 9.17) is 11.3 Å². The number of nitrogens with zero attached hydrogens (tertiary/aromatic N) is 6. The van der Waals surface area contributed by atoms with Crippen LogP contribution in [0.15, 0.2) is 28.8 Å². The van der Waals surface area contributed by atoms with Crippen molar-refractivity contribution in [1.29, 1.82) is 5.41 Å². The molecule has 1 fully saturated rings. The molecule has 2 aromatic rings. The Bertz CT molecular complexity index is 836. The molecule has 9 heteroatoms. The standard InChI is InChI=1S/C19H28N8S/c1-13(2)8-15-9-16(18(23-11-15)19(20)24-25-21)27-6-4-26(5-7-27)12-17-22-10-14(3)28-17/h9-11,13H,4-8,12H2,1-3H3,(H3,20,21,24). The van der Waals surface area contributed by atoms with Gasteiger partial charge in [-0.2, -0.15) is 0 Å². The summed E-state index contributed by atoms with van der Waals surface area (Å²) in [6.07, 6.45) is 4.72. The lowest BCUT2D eigenvalue weighted by molar-refractivity contribution is 0.249. The van der Waals surface area contributed by atoms with Gasteiger partial charge < -0.3 is 10.7 Å². The number of nitrogens with two attached hydrogens (primary N) is 1. The second-order valence-corrected chi connectivity index (χ2v) is 8.82. The number of nitrogens with one attached hydrogen (secondary N) is 1. The van der Waals surface area contributed by atoms with Gasteiger partial charge in [0.1, 0.15) is 10.7 Å². The predicted molar refractivity (Wildman–Crippen MR) is 113 cm³/mol. The van der Waals surface area contributed by atoms with Crippen LogP contribution < -0.4 is 10.7 Å². The zero-order valence-electron chi connectivity index (χ0n) is 16.7. The number of aryl methyl sites for hydroxylation is 1. The molecule has 1 saturated heterocycles. The minimum Gasteiger partial charge on any atom is -0.367 e. The summed E-state index contributed by atoms with van der Waals surface area (Å²) in [4.78, 5) is 15.0. The normalized spacial score (nSPS) is 15.6. The molecule has 0 amide bonds. The van der Waals surface area contributed by atoms with E-state index >= 15 is 0 Å². The molecule has 0 radical (unpaired) electrons.